The van der Waals surface area contributed by atoms with Crippen molar-refractivity contribution < 1.29 is 31.8 Å². The van der Waals surface area contributed by atoms with Crippen molar-refractivity contribution in [2.75, 3.05) is 30.8 Å². The molecule has 5 rings (SSSR count). The van der Waals surface area contributed by atoms with Gasteiger partial charge in [-0.2, -0.15) is 0 Å². The Morgan fingerprint density at radius 1 is 1.15 bits per heavy atom. The van der Waals surface area contributed by atoms with Crippen LogP contribution in [0.15, 0.2) is 24.8 Å². The van der Waals surface area contributed by atoms with Gasteiger partial charge in [-0.25, -0.2) is 36.9 Å². The van der Waals surface area contributed by atoms with Crippen molar-refractivity contribution in [3.8, 4) is 17.0 Å². The summed E-state index contributed by atoms with van der Waals surface area (Å²) in [5.41, 5.74) is 10.5. The summed E-state index contributed by atoms with van der Waals surface area (Å²) in [5.74, 6) is -3.00. The number of halogens is 5. The summed E-state index contributed by atoms with van der Waals surface area (Å²) >= 11 is 0. The number of aromatic nitrogens is 5. The van der Waals surface area contributed by atoms with E-state index in [0.29, 0.717) is 11.2 Å². The van der Waals surface area contributed by atoms with Crippen LogP contribution in [0, 0.1) is 17.5 Å². The minimum Gasteiger partial charge on any atom is -0.494 e. The first-order chi connectivity index (χ1) is 19.0. The Kier molecular flexibility index (Phi) is 7.04. The quantitative estimate of drug-likeness (QED) is 0.291. The second-order valence-electron chi connectivity index (χ2n) is 9.82. The molecule has 0 aliphatic carbocycles. The fourth-order valence-electron chi connectivity index (χ4n) is 5.32. The smallest absolute Gasteiger partial charge is 0.265 e. The molecule has 0 bridgehead atoms. The van der Waals surface area contributed by atoms with Gasteiger partial charge in [0.1, 0.15) is 23.8 Å². The molecular formula is C25H27F5N8O2. The van der Waals surface area contributed by atoms with Gasteiger partial charge in [0.2, 0.25) is 0 Å². The number of nitrogens with two attached hydrogens (primary N) is 2. The summed E-state index contributed by atoms with van der Waals surface area (Å²) in [6.07, 6.45) is -2.27. The van der Waals surface area contributed by atoms with E-state index in [1.165, 1.54) is 36.3 Å². The number of hydrogen-bond donors (Lipinski definition) is 3. The van der Waals surface area contributed by atoms with Crippen LogP contribution in [0.2, 0.25) is 0 Å². The molecule has 0 radical (unpaired) electrons. The minimum atomic E-state index is -3.11. The Morgan fingerprint density at radius 3 is 2.60 bits per heavy atom. The molecular weight excluding hydrogens is 539 g/mol. The second kappa shape index (κ2) is 10.2. The topological polar surface area (TPSA) is 133 Å². The van der Waals surface area contributed by atoms with Crippen LogP contribution < -0.4 is 21.1 Å². The first kappa shape index (κ1) is 27.6. The van der Waals surface area contributed by atoms with Gasteiger partial charge in [0.25, 0.3) is 6.43 Å². The third-order valence-electron chi connectivity index (χ3n) is 7.38. The normalized spacial score (nSPS) is 18.6. The van der Waals surface area contributed by atoms with Crippen LogP contribution in [0.5, 0.6) is 5.75 Å². The van der Waals surface area contributed by atoms with E-state index in [-0.39, 0.29) is 66.7 Å². The lowest BCUT2D eigenvalue weighted by Crippen LogP contribution is -2.63. The average molecular weight is 567 g/mol. The molecule has 0 amide bonds. The highest BCUT2D eigenvalue weighted by molar-refractivity contribution is 5.81. The summed E-state index contributed by atoms with van der Waals surface area (Å²) in [7, 11) is 2.64. The summed E-state index contributed by atoms with van der Waals surface area (Å²) in [6, 6.07) is 1.63. The van der Waals surface area contributed by atoms with Gasteiger partial charge in [0, 0.05) is 31.8 Å². The summed E-state index contributed by atoms with van der Waals surface area (Å²) in [5, 5.41) is 10.2. The Morgan fingerprint density at radius 2 is 1.90 bits per heavy atom. The predicted octanol–water partition coefficient (Wildman–Crippen LogP) is 2.81. The molecule has 5 N–H and O–H groups in total. The Hall–Kier alpha value is -3.98. The lowest BCUT2D eigenvalue weighted by Gasteiger charge is -2.43. The molecule has 3 aromatic heterocycles. The number of alkyl halides is 2. The number of ether oxygens (including phenoxy) is 1. The fourth-order valence-corrected chi connectivity index (χ4v) is 5.32. The molecule has 4 aromatic rings. The van der Waals surface area contributed by atoms with Gasteiger partial charge in [-0.15, -0.1) is 0 Å². The first-order valence-corrected chi connectivity index (χ1v) is 12.3. The van der Waals surface area contributed by atoms with Gasteiger partial charge in [0.05, 0.1) is 42.6 Å². The highest BCUT2D eigenvalue weighted by atomic mass is 19.3. The molecule has 1 aliphatic rings. The fraction of sp³-hybridized carbons (Fsp3) is 0.400. The van der Waals surface area contributed by atoms with Crippen molar-refractivity contribution in [2.45, 2.75) is 37.5 Å². The van der Waals surface area contributed by atoms with Crippen LogP contribution in [0.25, 0.3) is 22.4 Å². The van der Waals surface area contributed by atoms with Crippen LogP contribution in [0.4, 0.5) is 33.5 Å². The molecule has 0 spiro atoms. The van der Waals surface area contributed by atoms with E-state index in [2.05, 4.69) is 15.0 Å². The van der Waals surface area contributed by atoms with Crippen LogP contribution in [-0.2, 0) is 13.6 Å². The number of benzene rings is 1. The number of hydrogen-bond acceptors (Lipinski definition) is 8. The van der Waals surface area contributed by atoms with E-state index >= 15 is 8.78 Å². The molecule has 0 saturated carbocycles. The third kappa shape index (κ3) is 4.48. The Bertz CT molecular complexity index is 1570. The molecule has 4 heterocycles. The zero-order chi connectivity index (χ0) is 28.9. The van der Waals surface area contributed by atoms with Crippen molar-refractivity contribution in [1.29, 1.82) is 0 Å². The maximum absolute atomic E-state index is 16.4. The van der Waals surface area contributed by atoms with Gasteiger partial charge < -0.3 is 35.3 Å². The van der Waals surface area contributed by atoms with Crippen LogP contribution >= 0.6 is 0 Å². The molecule has 0 unspecified atom stereocenters. The SMILES string of the molecule is COc1cc(F)c(-c2c(F)c(N3CCC[C@](N)([C@H](O)C(F)F)C3)c(Cn3cnc4c(N)ncnc43)n2C)cc1F. The molecule has 1 aromatic carbocycles. The van der Waals surface area contributed by atoms with Crippen LogP contribution in [0.1, 0.15) is 18.5 Å². The van der Waals surface area contributed by atoms with Crippen LogP contribution in [0.3, 0.4) is 0 Å². The third-order valence-corrected chi connectivity index (χ3v) is 7.38. The molecule has 1 saturated heterocycles. The summed E-state index contributed by atoms with van der Waals surface area (Å²) in [4.78, 5) is 13.8. The number of imidazole rings is 1. The molecule has 40 heavy (non-hydrogen) atoms. The van der Waals surface area contributed by atoms with Crippen molar-refractivity contribution >= 4 is 22.7 Å². The monoisotopic (exact) mass is 566 g/mol. The molecule has 1 aliphatic heterocycles. The van der Waals surface area contributed by atoms with Gasteiger partial charge >= 0.3 is 0 Å². The number of anilines is 2. The van der Waals surface area contributed by atoms with E-state index < -0.39 is 35.5 Å². The maximum atomic E-state index is 16.4. The Balaban J connectivity index is 1.69. The largest absolute Gasteiger partial charge is 0.494 e. The zero-order valence-corrected chi connectivity index (χ0v) is 21.6. The molecule has 1 fully saturated rings. The van der Waals surface area contributed by atoms with E-state index in [9.17, 15) is 18.3 Å². The number of methoxy groups -OCH3 is 1. The van der Waals surface area contributed by atoms with Crippen molar-refractivity contribution in [3.63, 3.8) is 0 Å². The number of aliphatic hydroxyl groups excluding tert-OH is 1. The van der Waals surface area contributed by atoms with E-state index in [1.54, 1.807) is 4.57 Å². The summed E-state index contributed by atoms with van der Waals surface area (Å²) < 4.78 is 80.9. The lowest BCUT2D eigenvalue weighted by molar-refractivity contribution is -0.0529. The van der Waals surface area contributed by atoms with Crippen molar-refractivity contribution in [2.24, 2.45) is 12.8 Å². The lowest BCUT2D eigenvalue weighted by atomic mass is 9.84. The average Bonchev–Trinajstić information content (AvgIpc) is 3.43. The van der Waals surface area contributed by atoms with E-state index in [0.717, 1.165) is 12.1 Å². The number of aliphatic hydroxyl groups is 1. The van der Waals surface area contributed by atoms with Gasteiger partial charge in [-0.3, -0.25) is 0 Å². The number of rotatable bonds is 7. The van der Waals surface area contributed by atoms with Gasteiger partial charge in [-0.05, 0) is 18.9 Å². The second-order valence-corrected chi connectivity index (χ2v) is 9.82. The van der Waals surface area contributed by atoms with E-state index in [4.69, 9.17) is 16.2 Å². The maximum Gasteiger partial charge on any atom is 0.265 e. The van der Waals surface area contributed by atoms with Crippen molar-refractivity contribution in [3.05, 3.63) is 47.9 Å². The highest BCUT2D eigenvalue weighted by Gasteiger charge is 2.44. The minimum absolute atomic E-state index is 0.0620. The molecule has 10 nitrogen and oxygen atoms in total. The standard InChI is InChI=1S/C25H27F5N8O2/c1-36-15(8-38-11-35-18-23(31)33-10-34-24(18)38)20(37-5-3-4-25(32,9-37)21(39)22(29)30)17(28)19(36)12-6-14(27)16(40-2)7-13(12)26/h6-7,10-11,21-22,39H,3-5,8-9,32H2,1-2H3,(H2,31,33,34)/t21-,25-/m1/s1. The number of fused-ring (bicyclic) bond motifs is 1. The van der Waals surface area contributed by atoms with Crippen LogP contribution in [-0.4, -0.2) is 67.5 Å². The van der Waals surface area contributed by atoms with Crippen molar-refractivity contribution in [1.82, 2.24) is 24.1 Å². The molecule has 214 valence electrons. The number of nitrogen functional groups attached to an aromatic ring is 1. The van der Waals surface area contributed by atoms with Gasteiger partial charge in [-0.1, -0.05) is 0 Å². The number of nitrogens with zero attached hydrogens (tertiary/aromatic N) is 6. The first-order valence-electron chi connectivity index (χ1n) is 12.3. The molecule has 2 atom stereocenters. The Labute approximate surface area is 225 Å². The molecule has 15 heteroatoms. The zero-order valence-electron chi connectivity index (χ0n) is 21.6. The summed E-state index contributed by atoms with van der Waals surface area (Å²) in [6.45, 7) is -0.173. The predicted molar refractivity (Wildman–Crippen MR) is 136 cm³/mol. The highest BCUT2D eigenvalue weighted by Crippen LogP contribution is 2.41. The number of piperidine rings is 1. The van der Waals surface area contributed by atoms with E-state index in [1.807, 2.05) is 0 Å². The van der Waals surface area contributed by atoms with Gasteiger partial charge in [0.15, 0.2) is 28.8 Å².